The van der Waals surface area contributed by atoms with Crippen LogP contribution >= 0.6 is 0 Å². The third-order valence-corrected chi connectivity index (χ3v) is 4.52. The molecule has 1 aromatic carbocycles. The molecule has 0 radical (unpaired) electrons. The van der Waals surface area contributed by atoms with E-state index in [1.807, 2.05) is 0 Å². The predicted molar refractivity (Wildman–Crippen MR) is 67.4 cm³/mol. The zero-order chi connectivity index (χ0) is 11.0. The molecular formula is C15H21N. The Balaban J connectivity index is 1.88. The van der Waals surface area contributed by atoms with Gasteiger partial charge in [0.05, 0.1) is 0 Å². The van der Waals surface area contributed by atoms with Gasteiger partial charge in [0.2, 0.25) is 0 Å². The average molecular weight is 215 g/mol. The smallest absolute Gasteiger partial charge is 0.0354 e. The van der Waals surface area contributed by atoms with Crippen molar-refractivity contribution in [2.45, 2.75) is 38.6 Å². The second kappa shape index (κ2) is 4.21. The lowest BCUT2D eigenvalue weighted by atomic mass is 9.76. The SMILES string of the molecule is Cc1ccccc1C1NCC2CCCCC21. The number of rotatable bonds is 1. The zero-order valence-electron chi connectivity index (χ0n) is 10.1. The van der Waals surface area contributed by atoms with E-state index in [0.717, 1.165) is 11.8 Å². The highest BCUT2D eigenvalue weighted by molar-refractivity contribution is 5.30. The monoisotopic (exact) mass is 215 g/mol. The first kappa shape index (κ1) is 10.3. The predicted octanol–water partition coefficient (Wildman–Crippen LogP) is 3.45. The summed E-state index contributed by atoms with van der Waals surface area (Å²) in [5, 5.41) is 3.76. The van der Waals surface area contributed by atoms with Gasteiger partial charge in [-0.05, 0) is 49.3 Å². The number of hydrogen-bond acceptors (Lipinski definition) is 1. The van der Waals surface area contributed by atoms with Crippen LogP contribution in [0.1, 0.15) is 42.9 Å². The summed E-state index contributed by atoms with van der Waals surface area (Å²) in [4.78, 5) is 0. The first-order chi connectivity index (χ1) is 7.86. The van der Waals surface area contributed by atoms with Crippen LogP contribution in [-0.4, -0.2) is 6.54 Å². The van der Waals surface area contributed by atoms with Crippen molar-refractivity contribution < 1.29 is 0 Å². The van der Waals surface area contributed by atoms with E-state index in [1.165, 1.54) is 43.4 Å². The average Bonchev–Trinajstić information content (AvgIpc) is 2.74. The van der Waals surface area contributed by atoms with E-state index in [0.29, 0.717) is 6.04 Å². The highest BCUT2D eigenvalue weighted by Gasteiger charge is 2.38. The van der Waals surface area contributed by atoms with E-state index in [4.69, 9.17) is 0 Å². The Bertz CT molecular complexity index is 371. The van der Waals surface area contributed by atoms with Crippen LogP contribution in [0.2, 0.25) is 0 Å². The lowest BCUT2D eigenvalue weighted by Crippen LogP contribution is -2.21. The fourth-order valence-corrected chi connectivity index (χ4v) is 3.63. The molecule has 3 unspecified atom stereocenters. The number of benzene rings is 1. The molecule has 1 N–H and O–H groups in total. The summed E-state index contributed by atoms with van der Waals surface area (Å²) in [5.41, 5.74) is 2.99. The molecular weight excluding hydrogens is 194 g/mol. The standard InChI is InChI=1S/C15H21N/c1-11-6-2-4-8-13(11)15-14-9-5-3-7-12(14)10-16-15/h2,4,6,8,12,14-16H,3,5,7,9-10H2,1H3. The van der Waals surface area contributed by atoms with Crippen LogP contribution in [0.5, 0.6) is 0 Å². The summed E-state index contributed by atoms with van der Waals surface area (Å²) in [6.45, 7) is 3.48. The van der Waals surface area contributed by atoms with Gasteiger partial charge < -0.3 is 5.32 Å². The van der Waals surface area contributed by atoms with Crippen LogP contribution in [-0.2, 0) is 0 Å². The number of hydrogen-bond donors (Lipinski definition) is 1. The third kappa shape index (κ3) is 1.67. The van der Waals surface area contributed by atoms with Crippen LogP contribution < -0.4 is 5.32 Å². The second-order valence-electron chi connectivity index (χ2n) is 5.45. The summed E-state index contributed by atoms with van der Waals surface area (Å²) in [7, 11) is 0. The molecule has 1 aromatic rings. The molecule has 3 atom stereocenters. The van der Waals surface area contributed by atoms with Crippen LogP contribution in [0, 0.1) is 18.8 Å². The van der Waals surface area contributed by atoms with Gasteiger partial charge in [0, 0.05) is 6.04 Å². The Morgan fingerprint density at radius 3 is 2.81 bits per heavy atom. The number of nitrogens with one attached hydrogen (secondary N) is 1. The van der Waals surface area contributed by atoms with Gasteiger partial charge in [0.1, 0.15) is 0 Å². The van der Waals surface area contributed by atoms with E-state index >= 15 is 0 Å². The molecule has 0 spiro atoms. The first-order valence-electron chi connectivity index (χ1n) is 6.65. The summed E-state index contributed by atoms with van der Waals surface area (Å²) in [6, 6.07) is 9.51. The summed E-state index contributed by atoms with van der Waals surface area (Å²) < 4.78 is 0. The van der Waals surface area contributed by atoms with Crippen molar-refractivity contribution in [1.82, 2.24) is 5.32 Å². The minimum Gasteiger partial charge on any atom is -0.309 e. The largest absolute Gasteiger partial charge is 0.309 e. The lowest BCUT2D eigenvalue weighted by Gasteiger charge is -2.29. The molecule has 86 valence electrons. The van der Waals surface area contributed by atoms with Gasteiger partial charge in [-0.25, -0.2) is 0 Å². The van der Waals surface area contributed by atoms with E-state index in [-0.39, 0.29) is 0 Å². The molecule has 1 aliphatic heterocycles. The van der Waals surface area contributed by atoms with Gasteiger partial charge in [0.25, 0.3) is 0 Å². The van der Waals surface area contributed by atoms with E-state index in [1.54, 1.807) is 0 Å². The van der Waals surface area contributed by atoms with Crippen LogP contribution in [0.15, 0.2) is 24.3 Å². The highest BCUT2D eigenvalue weighted by atomic mass is 15.0. The van der Waals surface area contributed by atoms with Gasteiger partial charge >= 0.3 is 0 Å². The Morgan fingerprint density at radius 1 is 1.12 bits per heavy atom. The summed E-state index contributed by atoms with van der Waals surface area (Å²) in [5.74, 6) is 1.84. The second-order valence-corrected chi connectivity index (χ2v) is 5.45. The van der Waals surface area contributed by atoms with E-state index in [9.17, 15) is 0 Å². The molecule has 0 aromatic heterocycles. The zero-order valence-corrected chi connectivity index (χ0v) is 10.1. The van der Waals surface area contributed by atoms with Gasteiger partial charge in [-0.15, -0.1) is 0 Å². The van der Waals surface area contributed by atoms with Crippen LogP contribution in [0.25, 0.3) is 0 Å². The Labute approximate surface area is 98.3 Å². The topological polar surface area (TPSA) is 12.0 Å². The van der Waals surface area contributed by atoms with Crippen molar-refractivity contribution in [2.75, 3.05) is 6.54 Å². The quantitative estimate of drug-likeness (QED) is 0.756. The highest BCUT2D eigenvalue weighted by Crippen LogP contribution is 2.43. The summed E-state index contributed by atoms with van der Waals surface area (Å²) >= 11 is 0. The molecule has 1 heteroatoms. The fourth-order valence-electron chi connectivity index (χ4n) is 3.63. The molecule has 2 aliphatic rings. The first-order valence-corrected chi connectivity index (χ1v) is 6.65. The molecule has 1 saturated heterocycles. The number of fused-ring (bicyclic) bond motifs is 1. The molecule has 0 bridgehead atoms. The Morgan fingerprint density at radius 2 is 1.94 bits per heavy atom. The molecule has 1 heterocycles. The normalized spacial score (nSPS) is 33.7. The molecule has 1 nitrogen and oxygen atoms in total. The summed E-state index contributed by atoms with van der Waals surface area (Å²) in [6.07, 6.45) is 5.76. The van der Waals surface area contributed by atoms with Gasteiger partial charge in [-0.2, -0.15) is 0 Å². The van der Waals surface area contributed by atoms with Crippen molar-refractivity contribution in [3.8, 4) is 0 Å². The van der Waals surface area contributed by atoms with E-state index in [2.05, 4.69) is 36.5 Å². The molecule has 2 fully saturated rings. The van der Waals surface area contributed by atoms with Gasteiger partial charge in [-0.3, -0.25) is 0 Å². The van der Waals surface area contributed by atoms with Crippen molar-refractivity contribution >= 4 is 0 Å². The fraction of sp³-hybridized carbons (Fsp3) is 0.600. The molecule has 1 saturated carbocycles. The molecule has 1 aliphatic carbocycles. The van der Waals surface area contributed by atoms with Gasteiger partial charge in [-0.1, -0.05) is 37.1 Å². The Kier molecular flexibility index (Phi) is 2.72. The van der Waals surface area contributed by atoms with Gasteiger partial charge in [0.15, 0.2) is 0 Å². The van der Waals surface area contributed by atoms with E-state index < -0.39 is 0 Å². The maximum Gasteiger partial charge on any atom is 0.0354 e. The lowest BCUT2D eigenvalue weighted by molar-refractivity contribution is 0.266. The Hall–Kier alpha value is -0.820. The van der Waals surface area contributed by atoms with Crippen LogP contribution in [0.3, 0.4) is 0 Å². The maximum absolute atomic E-state index is 3.76. The molecule has 3 rings (SSSR count). The minimum atomic E-state index is 0.631. The minimum absolute atomic E-state index is 0.631. The van der Waals surface area contributed by atoms with Crippen molar-refractivity contribution in [3.63, 3.8) is 0 Å². The van der Waals surface area contributed by atoms with Crippen molar-refractivity contribution in [2.24, 2.45) is 11.8 Å². The third-order valence-electron chi connectivity index (χ3n) is 4.52. The van der Waals surface area contributed by atoms with Crippen molar-refractivity contribution in [1.29, 1.82) is 0 Å². The molecule has 0 amide bonds. The maximum atomic E-state index is 3.76. The van der Waals surface area contributed by atoms with Crippen molar-refractivity contribution in [3.05, 3.63) is 35.4 Å². The molecule has 16 heavy (non-hydrogen) atoms. The van der Waals surface area contributed by atoms with Crippen LogP contribution in [0.4, 0.5) is 0 Å². The number of aryl methyl sites for hydroxylation is 1.